The molecule has 7 nitrogen and oxygen atoms in total. The van der Waals surface area contributed by atoms with Gasteiger partial charge in [0.25, 0.3) is 5.91 Å². The fraction of sp³-hybridized carbons (Fsp3) is 0.357. The van der Waals surface area contributed by atoms with Gasteiger partial charge in [-0.3, -0.25) is 4.79 Å². The van der Waals surface area contributed by atoms with Gasteiger partial charge in [-0.2, -0.15) is 0 Å². The highest BCUT2D eigenvalue weighted by Gasteiger charge is 2.15. The van der Waals surface area contributed by atoms with E-state index >= 15 is 0 Å². The van der Waals surface area contributed by atoms with Crippen molar-refractivity contribution in [3.05, 3.63) is 35.9 Å². The van der Waals surface area contributed by atoms with Crippen LogP contribution in [0.1, 0.15) is 23.1 Å². The minimum Gasteiger partial charge on any atom is -0.493 e. The second-order valence-electron chi connectivity index (χ2n) is 4.52. The van der Waals surface area contributed by atoms with Crippen LogP contribution in [0, 0.1) is 0 Å². The Kier molecular flexibility index (Phi) is 4.76. The van der Waals surface area contributed by atoms with E-state index in [1.165, 1.54) is 0 Å². The fourth-order valence-corrected chi connectivity index (χ4v) is 1.98. The largest absolute Gasteiger partial charge is 0.493 e. The summed E-state index contributed by atoms with van der Waals surface area (Å²) in [5.41, 5.74) is 6.65. The molecule has 0 aliphatic rings. The Morgan fingerprint density at radius 2 is 2.29 bits per heavy atom. The highest BCUT2D eigenvalue weighted by Crippen LogP contribution is 2.24. The summed E-state index contributed by atoms with van der Waals surface area (Å²) in [6.07, 6.45) is 2.22. The van der Waals surface area contributed by atoms with Crippen molar-refractivity contribution in [3.8, 4) is 5.75 Å². The van der Waals surface area contributed by atoms with Gasteiger partial charge in [-0.25, -0.2) is 0 Å². The van der Waals surface area contributed by atoms with E-state index in [0.29, 0.717) is 36.6 Å². The van der Waals surface area contributed by atoms with E-state index in [1.54, 1.807) is 24.5 Å². The Hall–Kier alpha value is -2.57. The van der Waals surface area contributed by atoms with E-state index < -0.39 is 0 Å². The first-order valence-electron chi connectivity index (χ1n) is 6.75. The third kappa shape index (κ3) is 3.50. The van der Waals surface area contributed by atoms with Crippen LogP contribution in [0.4, 0.5) is 5.69 Å². The van der Waals surface area contributed by atoms with Crippen molar-refractivity contribution >= 4 is 11.6 Å². The summed E-state index contributed by atoms with van der Waals surface area (Å²) in [7, 11) is 1.86. The van der Waals surface area contributed by atoms with Gasteiger partial charge in [-0.15, -0.1) is 10.2 Å². The van der Waals surface area contributed by atoms with Crippen molar-refractivity contribution in [2.24, 2.45) is 7.05 Å². The van der Waals surface area contributed by atoms with E-state index in [4.69, 9.17) is 10.5 Å². The first-order valence-corrected chi connectivity index (χ1v) is 6.75. The molecule has 3 N–H and O–H groups in total. The van der Waals surface area contributed by atoms with Crippen molar-refractivity contribution in [1.29, 1.82) is 0 Å². The van der Waals surface area contributed by atoms with Crippen LogP contribution in [0.5, 0.6) is 5.75 Å². The molecule has 21 heavy (non-hydrogen) atoms. The molecule has 7 heteroatoms. The predicted octanol–water partition coefficient (Wildman–Crippen LogP) is 0.768. The van der Waals surface area contributed by atoms with Gasteiger partial charge in [-0.05, 0) is 19.1 Å². The predicted molar refractivity (Wildman–Crippen MR) is 79.1 cm³/mol. The lowest BCUT2D eigenvalue weighted by molar-refractivity contribution is 0.0951. The van der Waals surface area contributed by atoms with Crippen molar-refractivity contribution in [1.82, 2.24) is 20.1 Å². The molecule has 1 aromatic heterocycles. The molecule has 1 amide bonds. The minimum absolute atomic E-state index is 0.251. The number of ether oxygens (including phenoxy) is 1. The molecule has 0 fully saturated rings. The van der Waals surface area contributed by atoms with Crippen LogP contribution < -0.4 is 15.8 Å². The van der Waals surface area contributed by atoms with Crippen molar-refractivity contribution in [2.45, 2.75) is 13.3 Å². The van der Waals surface area contributed by atoms with Gasteiger partial charge in [0.2, 0.25) is 0 Å². The first-order chi connectivity index (χ1) is 10.1. The van der Waals surface area contributed by atoms with E-state index in [9.17, 15) is 4.79 Å². The lowest BCUT2D eigenvalue weighted by atomic mass is 10.1. The topological polar surface area (TPSA) is 95.1 Å². The van der Waals surface area contributed by atoms with Gasteiger partial charge in [0, 0.05) is 25.7 Å². The number of nitrogens with two attached hydrogens (primary N) is 1. The van der Waals surface area contributed by atoms with Crippen LogP contribution in [0.15, 0.2) is 24.5 Å². The average Bonchev–Trinajstić information content (AvgIpc) is 2.85. The maximum Gasteiger partial charge on any atom is 0.257 e. The highest BCUT2D eigenvalue weighted by atomic mass is 16.5. The minimum atomic E-state index is -0.251. The smallest absolute Gasteiger partial charge is 0.257 e. The number of aromatic nitrogens is 3. The number of nitrogens with zero attached hydrogens (tertiary/aromatic N) is 3. The van der Waals surface area contributed by atoms with E-state index in [2.05, 4.69) is 15.5 Å². The molecule has 1 aromatic carbocycles. The quantitative estimate of drug-likeness (QED) is 0.766. The number of hydrogen-bond donors (Lipinski definition) is 2. The maximum atomic E-state index is 12.3. The molecule has 0 spiro atoms. The zero-order valence-electron chi connectivity index (χ0n) is 12.2. The number of carbonyl (C=O) groups excluding carboxylic acids is 1. The van der Waals surface area contributed by atoms with E-state index in [0.717, 1.165) is 5.82 Å². The summed E-state index contributed by atoms with van der Waals surface area (Å²) >= 11 is 0. The molecule has 2 rings (SSSR count). The van der Waals surface area contributed by atoms with Gasteiger partial charge >= 0.3 is 0 Å². The Labute approximate surface area is 123 Å². The number of hydrogen-bond acceptors (Lipinski definition) is 5. The molecule has 0 aliphatic carbocycles. The van der Waals surface area contributed by atoms with Crippen LogP contribution in [-0.2, 0) is 13.5 Å². The molecular formula is C14H19N5O2. The Bertz CT molecular complexity index is 624. The number of nitrogens with one attached hydrogen (secondary N) is 1. The van der Waals surface area contributed by atoms with Crippen molar-refractivity contribution in [3.63, 3.8) is 0 Å². The first kappa shape index (κ1) is 14.8. The normalized spacial score (nSPS) is 10.4. The Morgan fingerprint density at radius 3 is 2.95 bits per heavy atom. The maximum absolute atomic E-state index is 12.3. The summed E-state index contributed by atoms with van der Waals surface area (Å²) in [6, 6.07) is 5.17. The SMILES string of the molecule is CCOc1cccc(N)c1C(=O)NCCc1nncn1C. The number of rotatable bonds is 6. The average molecular weight is 289 g/mol. The molecule has 0 unspecified atom stereocenters. The molecular weight excluding hydrogens is 270 g/mol. The molecule has 0 aliphatic heterocycles. The third-order valence-corrected chi connectivity index (χ3v) is 3.02. The summed E-state index contributed by atoms with van der Waals surface area (Å²) < 4.78 is 7.26. The monoisotopic (exact) mass is 289 g/mol. The summed E-state index contributed by atoms with van der Waals surface area (Å²) in [4.78, 5) is 12.3. The third-order valence-electron chi connectivity index (χ3n) is 3.02. The van der Waals surface area contributed by atoms with E-state index in [1.807, 2.05) is 18.5 Å². The number of nitrogen functional groups attached to an aromatic ring is 1. The van der Waals surface area contributed by atoms with Crippen molar-refractivity contribution in [2.75, 3.05) is 18.9 Å². The molecule has 0 radical (unpaired) electrons. The van der Waals surface area contributed by atoms with Crippen LogP contribution in [-0.4, -0.2) is 33.8 Å². The number of benzene rings is 1. The molecule has 112 valence electrons. The zero-order valence-corrected chi connectivity index (χ0v) is 12.2. The summed E-state index contributed by atoms with van der Waals surface area (Å²) in [6.45, 7) is 2.78. The molecule has 0 bridgehead atoms. The zero-order chi connectivity index (χ0) is 15.2. The molecule has 1 heterocycles. The standard InChI is InChI=1S/C14H19N5O2/c1-3-21-11-6-4-5-10(15)13(11)14(20)16-8-7-12-18-17-9-19(12)2/h4-6,9H,3,7-8,15H2,1-2H3,(H,16,20). The number of aryl methyl sites for hydroxylation is 1. The molecule has 0 atom stereocenters. The van der Waals surface area contributed by atoms with Crippen LogP contribution in [0.3, 0.4) is 0 Å². The van der Waals surface area contributed by atoms with Crippen LogP contribution >= 0.6 is 0 Å². The molecule has 0 saturated heterocycles. The Morgan fingerprint density at radius 1 is 1.48 bits per heavy atom. The van der Waals surface area contributed by atoms with Gasteiger partial charge in [0.05, 0.1) is 6.61 Å². The molecule has 0 saturated carbocycles. The summed E-state index contributed by atoms with van der Waals surface area (Å²) in [5.74, 6) is 1.05. The van der Waals surface area contributed by atoms with Crippen molar-refractivity contribution < 1.29 is 9.53 Å². The lowest BCUT2D eigenvalue weighted by Gasteiger charge is -2.12. The fourth-order valence-electron chi connectivity index (χ4n) is 1.98. The summed E-state index contributed by atoms with van der Waals surface area (Å²) in [5, 5.41) is 10.6. The second-order valence-corrected chi connectivity index (χ2v) is 4.52. The molecule has 2 aromatic rings. The van der Waals surface area contributed by atoms with Gasteiger partial charge in [0.15, 0.2) is 0 Å². The van der Waals surface area contributed by atoms with E-state index in [-0.39, 0.29) is 5.91 Å². The lowest BCUT2D eigenvalue weighted by Crippen LogP contribution is -2.27. The van der Waals surface area contributed by atoms with Gasteiger partial charge < -0.3 is 20.4 Å². The Balaban J connectivity index is 2.02. The second kappa shape index (κ2) is 6.74. The number of carbonyl (C=O) groups is 1. The van der Waals surface area contributed by atoms with Gasteiger partial charge in [-0.1, -0.05) is 6.07 Å². The highest BCUT2D eigenvalue weighted by molar-refractivity contribution is 6.01. The number of anilines is 1. The van der Waals surface area contributed by atoms with Crippen LogP contribution in [0.25, 0.3) is 0 Å². The number of amides is 1. The van der Waals surface area contributed by atoms with Crippen LogP contribution in [0.2, 0.25) is 0 Å². The van der Waals surface area contributed by atoms with Gasteiger partial charge in [0.1, 0.15) is 23.5 Å².